The van der Waals surface area contributed by atoms with E-state index in [0.717, 1.165) is 11.1 Å². The first-order valence-corrected chi connectivity index (χ1v) is 4.90. The second-order valence-corrected chi connectivity index (χ2v) is 4.25. The normalized spacial score (nSPS) is 10.4. The molecule has 2 rings (SSSR count). The summed E-state index contributed by atoms with van der Waals surface area (Å²) in [7, 11) is 0. The Morgan fingerprint density at radius 2 is 2.21 bits per heavy atom. The van der Waals surface area contributed by atoms with Crippen molar-refractivity contribution in [3.05, 3.63) is 28.5 Å². The van der Waals surface area contributed by atoms with E-state index in [9.17, 15) is 4.39 Å². The fraction of sp³-hybridized carbons (Fsp3) is 0. The summed E-state index contributed by atoms with van der Waals surface area (Å²) >= 11 is 7.06. The van der Waals surface area contributed by atoms with Gasteiger partial charge in [-0.3, -0.25) is 0 Å². The van der Waals surface area contributed by atoms with Gasteiger partial charge in [-0.25, -0.2) is 14.4 Å². The van der Waals surface area contributed by atoms with Gasteiger partial charge in [0.1, 0.15) is 0 Å². The minimum Gasteiger partial charge on any atom is -0.381 e. The van der Waals surface area contributed by atoms with E-state index in [4.69, 9.17) is 17.3 Å². The molecule has 0 bridgehead atoms. The third-order valence-corrected chi connectivity index (χ3v) is 2.79. The Bertz CT molecular complexity index is 471. The van der Waals surface area contributed by atoms with E-state index in [-0.39, 0.29) is 5.82 Å². The molecule has 2 aromatic rings. The topological polar surface area (TPSA) is 51.8 Å². The number of aromatic nitrogens is 2. The lowest BCUT2D eigenvalue weighted by Crippen LogP contribution is -1.97. The third-order valence-electron chi connectivity index (χ3n) is 1.56. The quantitative estimate of drug-likeness (QED) is 0.818. The van der Waals surface area contributed by atoms with Gasteiger partial charge in [-0.05, 0) is 12.1 Å². The van der Waals surface area contributed by atoms with E-state index in [2.05, 4.69) is 9.97 Å². The number of nitrogens with zero attached hydrogens (tertiary/aromatic N) is 2. The maximum atomic E-state index is 12.7. The van der Waals surface area contributed by atoms with Crippen LogP contribution in [0.3, 0.4) is 0 Å². The highest BCUT2D eigenvalue weighted by atomic mass is 35.5. The molecule has 0 unspecified atom stereocenters. The molecule has 0 aliphatic rings. The highest BCUT2D eigenvalue weighted by Gasteiger charge is 2.07. The van der Waals surface area contributed by atoms with Gasteiger partial charge in [0.15, 0.2) is 17.5 Å². The van der Waals surface area contributed by atoms with Gasteiger partial charge in [0.2, 0.25) is 0 Å². The van der Waals surface area contributed by atoms with Crippen molar-refractivity contribution in [3.63, 3.8) is 0 Å². The predicted molar refractivity (Wildman–Crippen MR) is 54.7 cm³/mol. The monoisotopic (exact) mass is 229 g/mol. The molecule has 0 saturated heterocycles. The molecule has 3 nitrogen and oxygen atoms in total. The maximum Gasteiger partial charge on any atom is 0.183 e. The summed E-state index contributed by atoms with van der Waals surface area (Å²) in [6, 6.07) is 3.49. The Hall–Kier alpha value is -1.20. The number of rotatable bonds is 1. The summed E-state index contributed by atoms with van der Waals surface area (Å²) in [5, 5.41) is 0. The Kier molecular flexibility index (Phi) is 2.35. The molecular weight excluding hydrogens is 225 g/mol. The number of nitrogens with two attached hydrogens (primary N) is 1. The predicted octanol–water partition coefficient (Wildman–Crippen LogP) is 2.58. The minimum atomic E-state index is -0.614. The maximum absolute atomic E-state index is 12.7. The lowest BCUT2D eigenvalue weighted by molar-refractivity contribution is 0.620. The van der Waals surface area contributed by atoms with Crippen molar-refractivity contribution < 1.29 is 4.39 Å². The van der Waals surface area contributed by atoms with Crippen molar-refractivity contribution in [1.82, 2.24) is 9.97 Å². The van der Waals surface area contributed by atoms with Crippen LogP contribution in [0.1, 0.15) is 0 Å². The van der Waals surface area contributed by atoms with Crippen molar-refractivity contribution in [2.75, 3.05) is 5.73 Å². The first kappa shape index (κ1) is 9.36. The van der Waals surface area contributed by atoms with Crippen LogP contribution < -0.4 is 5.73 Å². The number of thiophene rings is 1. The second kappa shape index (κ2) is 3.51. The Morgan fingerprint density at radius 1 is 1.43 bits per heavy atom. The van der Waals surface area contributed by atoms with Crippen LogP contribution in [0, 0.1) is 5.82 Å². The zero-order valence-corrected chi connectivity index (χ0v) is 8.44. The fourth-order valence-electron chi connectivity index (χ4n) is 0.934. The average Bonchev–Trinajstić information content (AvgIpc) is 2.57. The summed E-state index contributed by atoms with van der Waals surface area (Å²) in [5.74, 6) is -0.378. The standard InChI is InChI=1S/C8H5ClFN3S/c9-6-2-1-5(14-6)8-12-3-4(10)7(11)13-8/h1-3H,(H2,11,12,13). The van der Waals surface area contributed by atoms with Crippen LogP contribution in [0.15, 0.2) is 18.3 Å². The van der Waals surface area contributed by atoms with E-state index in [0.29, 0.717) is 10.2 Å². The molecule has 0 fully saturated rings. The molecule has 2 aromatic heterocycles. The highest BCUT2D eigenvalue weighted by molar-refractivity contribution is 7.19. The number of hydrogen-bond acceptors (Lipinski definition) is 4. The fourth-order valence-corrected chi connectivity index (χ4v) is 1.92. The minimum absolute atomic E-state index is 0.153. The van der Waals surface area contributed by atoms with Crippen molar-refractivity contribution in [2.24, 2.45) is 0 Å². The number of halogens is 2. The Balaban J connectivity index is 2.47. The van der Waals surface area contributed by atoms with E-state index in [1.807, 2.05) is 0 Å². The van der Waals surface area contributed by atoms with Crippen LogP contribution in [-0.2, 0) is 0 Å². The molecular formula is C8H5ClFN3S. The van der Waals surface area contributed by atoms with E-state index in [1.165, 1.54) is 11.3 Å². The third kappa shape index (κ3) is 1.69. The Labute approximate surface area is 88.4 Å². The molecule has 0 atom stereocenters. The van der Waals surface area contributed by atoms with Crippen LogP contribution in [0.4, 0.5) is 10.2 Å². The molecule has 0 aliphatic heterocycles. The van der Waals surface area contributed by atoms with Crippen molar-refractivity contribution >= 4 is 28.8 Å². The van der Waals surface area contributed by atoms with E-state index < -0.39 is 5.82 Å². The summed E-state index contributed by atoms with van der Waals surface area (Å²) in [5.41, 5.74) is 5.31. The zero-order chi connectivity index (χ0) is 10.1. The van der Waals surface area contributed by atoms with Gasteiger partial charge in [0.05, 0.1) is 15.4 Å². The first-order chi connectivity index (χ1) is 6.66. The van der Waals surface area contributed by atoms with Crippen LogP contribution in [-0.4, -0.2) is 9.97 Å². The van der Waals surface area contributed by atoms with Gasteiger partial charge in [0, 0.05) is 0 Å². The van der Waals surface area contributed by atoms with E-state index in [1.54, 1.807) is 12.1 Å². The molecule has 0 spiro atoms. The van der Waals surface area contributed by atoms with Gasteiger partial charge < -0.3 is 5.73 Å². The van der Waals surface area contributed by atoms with Crippen LogP contribution >= 0.6 is 22.9 Å². The smallest absolute Gasteiger partial charge is 0.183 e. The van der Waals surface area contributed by atoms with Crippen molar-refractivity contribution in [3.8, 4) is 10.7 Å². The second-order valence-electron chi connectivity index (χ2n) is 2.53. The number of anilines is 1. The molecule has 0 aromatic carbocycles. The molecule has 72 valence electrons. The lowest BCUT2D eigenvalue weighted by Gasteiger charge is -1.97. The first-order valence-electron chi connectivity index (χ1n) is 3.70. The van der Waals surface area contributed by atoms with E-state index >= 15 is 0 Å². The van der Waals surface area contributed by atoms with Gasteiger partial charge >= 0.3 is 0 Å². The van der Waals surface area contributed by atoms with Crippen LogP contribution in [0.2, 0.25) is 4.34 Å². The molecule has 2 heterocycles. The highest BCUT2D eigenvalue weighted by Crippen LogP contribution is 2.28. The molecule has 6 heteroatoms. The summed E-state index contributed by atoms with van der Waals surface area (Å²) < 4.78 is 13.4. The molecule has 0 amide bonds. The summed E-state index contributed by atoms with van der Waals surface area (Å²) in [6.07, 6.45) is 1.05. The van der Waals surface area contributed by atoms with Crippen LogP contribution in [0.5, 0.6) is 0 Å². The SMILES string of the molecule is Nc1nc(-c2ccc(Cl)s2)ncc1F. The lowest BCUT2D eigenvalue weighted by atomic mass is 10.4. The number of hydrogen-bond donors (Lipinski definition) is 1. The molecule has 0 saturated carbocycles. The van der Waals surface area contributed by atoms with Gasteiger partial charge in [-0.1, -0.05) is 11.6 Å². The molecule has 0 radical (unpaired) electrons. The van der Waals surface area contributed by atoms with Crippen molar-refractivity contribution in [1.29, 1.82) is 0 Å². The summed E-state index contributed by atoms with van der Waals surface area (Å²) in [6.45, 7) is 0. The largest absolute Gasteiger partial charge is 0.381 e. The van der Waals surface area contributed by atoms with Gasteiger partial charge in [-0.15, -0.1) is 11.3 Å². The van der Waals surface area contributed by atoms with Crippen molar-refractivity contribution in [2.45, 2.75) is 0 Å². The summed E-state index contributed by atoms with van der Waals surface area (Å²) in [4.78, 5) is 8.37. The molecule has 14 heavy (non-hydrogen) atoms. The molecule has 2 N–H and O–H groups in total. The van der Waals surface area contributed by atoms with Gasteiger partial charge in [0.25, 0.3) is 0 Å². The van der Waals surface area contributed by atoms with Gasteiger partial charge in [-0.2, -0.15) is 0 Å². The average molecular weight is 230 g/mol. The van der Waals surface area contributed by atoms with Crippen LogP contribution in [0.25, 0.3) is 10.7 Å². The molecule has 0 aliphatic carbocycles. The number of nitrogen functional groups attached to an aromatic ring is 1. The zero-order valence-electron chi connectivity index (χ0n) is 6.87. The Morgan fingerprint density at radius 3 is 2.79 bits per heavy atom.